The molecule has 0 aromatic carbocycles. The Morgan fingerprint density at radius 2 is 1.82 bits per heavy atom. The van der Waals surface area contributed by atoms with Gasteiger partial charge in [0.15, 0.2) is 6.29 Å². The fraction of sp³-hybridized carbons (Fsp3) is 0.938. The summed E-state index contributed by atoms with van der Waals surface area (Å²) >= 11 is 0. The summed E-state index contributed by atoms with van der Waals surface area (Å²) in [4.78, 5) is 0. The van der Waals surface area contributed by atoms with E-state index in [0.29, 0.717) is 16.9 Å². The SMILES string of the molecule is CC(C)CCC[C@@H](C)[C@@H]1CC[C@@H]2[C@H]3CC=C4C[C@@H](O[C@H]5CCCCO5)CC[C@]4(C)[C@@H]3CC[C@@]21C. The maximum absolute atomic E-state index is 6.47. The zero-order valence-corrected chi connectivity index (χ0v) is 23.1. The highest BCUT2D eigenvalue weighted by Crippen LogP contribution is 2.67. The lowest BCUT2D eigenvalue weighted by Gasteiger charge is -2.58. The molecule has 1 heterocycles. The van der Waals surface area contributed by atoms with Crippen LogP contribution in [0, 0.1) is 46.3 Å². The summed E-state index contributed by atoms with van der Waals surface area (Å²) < 4.78 is 12.4. The highest BCUT2D eigenvalue weighted by Gasteiger charge is 2.59. The van der Waals surface area contributed by atoms with Crippen LogP contribution in [0.1, 0.15) is 125 Å². The third-order valence-electron chi connectivity index (χ3n) is 11.7. The normalized spacial score (nSPS) is 45.3. The zero-order chi connectivity index (χ0) is 23.9. The predicted molar refractivity (Wildman–Crippen MR) is 142 cm³/mol. The lowest BCUT2D eigenvalue weighted by molar-refractivity contribution is -0.195. The Hall–Kier alpha value is -0.340. The molecule has 2 heteroatoms. The van der Waals surface area contributed by atoms with Crippen molar-refractivity contribution >= 4 is 0 Å². The Kier molecular flexibility index (Phi) is 7.59. The van der Waals surface area contributed by atoms with E-state index in [2.05, 4.69) is 40.7 Å². The minimum atomic E-state index is 0.0633. The van der Waals surface area contributed by atoms with Crippen molar-refractivity contribution in [3.05, 3.63) is 11.6 Å². The van der Waals surface area contributed by atoms with Crippen LogP contribution in [0.5, 0.6) is 0 Å². The summed E-state index contributed by atoms with van der Waals surface area (Å²) in [6.45, 7) is 13.6. The van der Waals surface area contributed by atoms with Gasteiger partial charge < -0.3 is 9.47 Å². The van der Waals surface area contributed by atoms with Crippen molar-refractivity contribution in [2.24, 2.45) is 46.3 Å². The quantitative estimate of drug-likeness (QED) is 0.346. The molecule has 0 aromatic rings. The first-order valence-electron chi connectivity index (χ1n) is 15.3. The summed E-state index contributed by atoms with van der Waals surface area (Å²) in [6, 6.07) is 0. The van der Waals surface area contributed by atoms with Crippen LogP contribution in [0.25, 0.3) is 0 Å². The Morgan fingerprint density at radius 1 is 0.971 bits per heavy atom. The van der Waals surface area contributed by atoms with Crippen molar-refractivity contribution < 1.29 is 9.47 Å². The standard InChI is InChI=1S/C32H54O2/c1-22(2)9-8-10-23(3)27-14-15-28-26-13-12-24-21-25(34-30-11-6-7-20-33-30)16-18-31(24,4)29(26)17-19-32(27,28)5/h12,22-23,25-30H,6-11,13-21H2,1-5H3/t23-,25+,26-,27+,28-,29-,30+,31+,32-/m1/s1. The zero-order valence-electron chi connectivity index (χ0n) is 23.1. The fourth-order valence-corrected chi connectivity index (χ4v) is 9.80. The molecule has 9 atom stereocenters. The third kappa shape index (κ3) is 4.69. The topological polar surface area (TPSA) is 18.5 Å². The van der Waals surface area contributed by atoms with Crippen molar-refractivity contribution in [2.45, 2.75) is 137 Å². The molecule has 34 heavy (non-hydrogen) atoms. The number of hydrogen-bond acceptors (Lipinski definition) is 2. The van der Waals surface area contributed by atoms with Crippen LogP contribution >= 0.6 is 0 Å². The smallest absolute Gasteiger partial charge is 0.157 e. The number of allylic oxidation sites excluding steroid dienone is 1. The van der Waals surface area contributed by atoms with E-state index in [9.17, 15) is 0 Å². The van der Waals surface area contributed by atoms with Crippen LogP contribution in [-0.2, 0) is 9.47 Å². The lowest BCUT2D eigenvalue weighted by atomic mass is 9.47. The highest BCUT2D eigenvalue weighted by molar-refractivity contribution is 5.25. The van der Waals surface area contributed by atoms with E-state index in [-0.39, 0.29) is 6.29 Å². The molecule has 3 saturated carbocycles. The maximum Gasteiger partial charge on any atom is 0.157 e. The van der Waals surface area contributed by atoms with Crippen LogP contribution in [0.15, 0.2) is 11.6 Å². The van der Waals surface area contributed by atoms with Crippen molar-refractivity contribution in [3.8, 4) is 0 Å². The first-order valence-corrected chi connectivity index (χ1v) is 15.3. The Labute approximate surface area is 211 Å². The largest absolute Gasteiger partial charge is 0.353 e. The van der Waals surface area contributed by atoms with Crippen molar-refractivity contribution in [1.82, 2.24) is 0 Å². The first kappa shape index (κ1) is 25.3. The van der Waals surface area contributed by atoms with Gasteiger partial charge in [-0.3, -0.25) is 0 Å². The minimum Gasteiger partial charge on any atom is -0.353 e. The Morgan fingerprint density at radius 3 is 2.59 bits per heavy atom. The van der Waals surface area contributed by atoms with Gasteiger partial charge in [0.05, 0.1) is 6.10 Å². The summed E-state index contributed by atoms with van der Waals surface area (Å²) in [5.74, 6) is 5.53. The van der Waals surface area contributed by atoms with Crippen LogP contribution in [-0.4, -0.2) is 19.0 Å². The van der Waals surface area contributed by atoms with Gasteiger partial charge in [-0.15, -0.1) is 0 Å². The van der Waals surface area contributed by atoms with Gasteiger partial charge in [0.2, 0.25) is 0 Å². The van der Waals surface area contributed by atoms with Gasteiger partial charge in [0.1, 0.15) is 0 Å². The molecule has 1 saturated heterocycles. The molecule has 5 aliphatic rings. The number of rotatable bonds is 7. The predicted octanol–water partition coefficient (Wildman–Crippen LogP) is 8.94. The second-order valence-electron chi connectivity index (χ2n) is 14.1. The monoisotopic (exact) mass is 470 g/mol. The molecule has 4 aliphatic carbocycles. The van der Waals surface area contributed by atoms with Crippen LogP contribution < -0.4 is 0 Å². The molecule has 0 unspecified atom stereocenters. The summed E-state index contributed by atoms with van der Waals surface area (Å²) in [6.07, 6.45) is 22.0. The molecule has 0 spiro atoms. The molecule has 4 fully saturated rings. The van der Waals surface area contributed by atoms with Crippen molar-refractivity contribution in [2.75, 3.05) is 6.61 Å². The van der Waals surface area contributed by atoms with Crippen LogP contribution in [0.3, 0.4) is 0 Å². The van der Waals surface area contributed by atoms with Crippen LogP contribution in [0.2, 0.25) is 0 Å². The van der Waals surface area contributed by atoms with Crippen LogP contribution in [0.4, 0.5) is 0 Å². The summed E-state index contributed by atoms with van der Waals surface area (Å²) in [7, 11) is 0. The molecule has 0 N–H and O–H groups in total. The molecule has 194 valence electrons. The number of hydrogen-bond donors (Lipinski definition) is 0. The van der Waals surface area contributed by atoms with E-state index < -0.39 is 0 Å². The van der Waals surface area contributed by atoms with Crippen molar-refractivity contribution in [3.63, 3.8) is 0 Å². The highest BCUT2D eigenvalue weighted by atomic mass is 16.7. The van der Waals surface area contributed by atoms with E-state index in [1.165, 1.54) is 77.0 Å². The van der Waals surface area contributed by atoms with Crippen molar-refractivity contribution in [1.29, 1.82) is 0 Å². The number of fused-ring (bicyclic) bond motifs is 5. The fourth-order valence-electron chi connectivity index (χ4n) is 9.80. The lowest BCUT2D eigenvalue weighted by Crippen LogP contribution is -2.51. The second-order valence-corrected chi connectivity index (χ2v) is 14.1. The van der Waals surface area contributed by atoms with E-state index in [4.69, 9.17) is 9.47 Å². The molecular formula is C32H54O2. The Bertz CT molecular complexity index is 721. The molecule has 0 aromatic heterocycles. The first-order chi connectivity index (χ1) is 16.3. The third-order valence-corrected chi connectivity index (χ3v) is 11.7. The van der Waals surface area contributed by atoms with Gasteiger partial charge in [0, 0.05) is 6.61 Å². The summed E-state index contributed by atoms with van der Waals surface area (Å²) in [5.41, 5.74) is 2.78. The van der Waals surface area contributed by atoms with Gasteiger partial charge in [0.25, 0.3) is 0 Å². The van der Waals surface area contributed by atoms with E-state index in [1.54, 1.807) is 5.57 Å². The molecule has 1 aliphatic heterocycles. The summed E-state index contributed by atoms with van der Waals surface area (Å²) in [5, 5.41) is 0. The van der Waals surface area contributed by atoms with E-state index >= 15 is 0 Å². The van der Waals surface area contributed by atoms with E-state index in [1.807, 2.05) is 0 Å². The van der Waals surface area contributed by atoms with Gasteiger partial charge in [-0.2, -0.15) is 0 Å². The molecule has 0 amide bonds. The number of ether oxygens (including phenoxy) is 2. The van der Waals surface area contributed by atoms with Gasteiger partial charge in [-0.25, -0.2) is 0 Å². The Balaban J connectivity index is 1.24. The molecule has 2 nitrogen and oxygen atoms in total. The second kappa shape index (κ2) is 10.2. The van der Waals surface area contributed by atoms with Gasteiger partial charge >= 0.3 is 0 Å². The average molecular weight is 471 g/mol. The average Bonchev–Trinajstić information content (AvgIpc) is 3.17. The van der Waals surface area contributed by atoms with E-state index in [0.717, 1.165) is 55.0 Å². The minimum absolute atomic E-state index is 0.0633. The molecule has 5 rings (SSSR count). The van der Waals surface area contributed by atoms with Gasteiger partial charge in [-0.1, -0.05) is 65.5 Å². The molecular weight excluding hydrogens is 416 g/mol. The maximum atomic E-state index is 6.47. The molecule has 0 radical (unpaired) electrons. The van der Waals surface area contributed by atoms with Gasteiger partial charge in [-0.05, 0) is 117 Å². The molecule has 0 bridgehead atoms.